The summed E-state index contributed by atoms with van der Waals surface area (Å²) < 4.78 is 1.66. The van der Waals surface area contributed by atoms with Gasteiger partial charge in [-0.25, -0.2) is 4.79 Å². The molecule has 0 bridgehead atoms. The molecule has 1 aromatic rings. The van der Waals surface area contributed by atoms with Gasteiger partial charge in [-0.05, 0) is 13.3 Å². The number of nitrogens with zero attached hydrogens (tertiary/aromatic N) is 1. The van der Waals surface area contributed by atoms with Gasteiger partial charge in [0.1, 0.15) is 0 Å². The Kier molecular flexibility index (Phi) is 2.15. The molecule has 2 rings (SSSR count). The van der Waals surface area contributed by atoms with E-state index in [0.29, 0.717) is 13.0 Å². The molecule has 2 N–H and O–H groups in total. The predicted octanol–water partition coefficient (Wildman–Crippen LogP) is -0.0641. The number of rotatable bonds is 1. The van der Waals surface area contributed by atoms with E-state index in [1.165, 1.54) is 0 Å². The normalized spacial score (nSPS) is 22.1. The number of aromatic nitrogens is 2. The summed E-state index contributed by atoms with van der Waals surface area (Å²) in [6.07, 6.45) is 3.04. The van der Waals surface area contributed by atoms with Gasteiger partial charge in [0.25, 0.3) is 0 Å². The Labute approximate surface area is 81.1 Å². The third kappa shape index (κ3) is 1.57. The molecule has 0 radical (unpaired) electrons. The van der Waals surface area contributed by atoms with E-state index in [0.717, 1.165) is 12.1 Å². The Hall–Kier alpha value is -1.52. The molecule has 5 heteroatoms. The fourth-order valence-electron chi connectivity index (χ4n) is 1.76. The van der Waals surface area contributed by atoms with Gasteiger partial charge in [0.05, 0.1) is 6.04 Å². The second-order valence-electron chi connectivity index (χ2n) is 3.65. The van der Waals surface area contributed by atoms with Crippen LogP contribution in [0, 0.1) is 6.92 Å². The fraction of sp³-hybridized carbons (Fsp3) is 0.556. The fourth-order valence-corrected chi connectivity index (χ4v) is 1.76. The number of aromatic amines is 1. The van der Waals surface area contributed by atoms with Crippen molar-refractivity contribution in [1.82, 2.24) is 14.9 Å². The van der Waals surface area contributed by atoms with Crippen molar-refractivity contribution in [3.8, 4) is 0 Å². The van der Waals surface area contributed by atoms with E-state index < -0.39 is 0 Å². The number of amides is 1. The molecule has 0 spiro atoms. The van der Waals surface area contributed by atoms with Gasteiger partial charge in [-0.2, -0.15) is 0 Å². The minimum atomic E-state index is -0.0938. The molecule has 1 aromatic heterocycles. The van der Waals surface area contributed by atoms with Crippen LogP contribution in [0.4, 0.5) is 0 Å². The van der Waals surface area contributed by atoms with Crippen LogP contribution in [0.3, 0.4) is 0 Å². The third-order valence-corrected chi connectivity index (χ3v) is 2.50. The van der Waals surface area contributed by atoms with E-state index in [2.05, 4.69) is 10.3 Å². The molecule has 0 saturated carbocycles. The Morgan fingerprint density at radius 2 is 2.29 bits per heavy atom. The molecule has 1 unspecified atom stereocenters. The summed E-state index contributed by atoms with van der Waals surface area (Å²) in [5.41, 5.74) is 0.760. The zero-order valence-electron chi connectivity index (χ0n) is 8.04. The van der Waals surface area contributed by atoms with Crippen LogP contribution in [-0.2, 0) is 4.79 Å². The zero-order chi connectivity index (χ0) is 10.1. The van der Waals surface area contributed by atoms with E-state index in [9.17, 15) is 9.59 Å². The minimum absolute atomic E-state index is 0.0709. The molecule has 5 nitrogen and oxygen atoms in total. The van der Waals surface area contributed by atoms with Gasteiger partial charge < -0.3 is 10.3 Å². The molecule has 14 heavy (non-hydrogen) atoms. The van der Waals surface area contributed by atoms with E-state index >= 15 is 0 Å². The van der Waals surface area contributed by atoms with E-state index in [4.69, 9.17) is 0 Å². The summed E-state index contributed by atoms with van der Waals surface area (Å²) in [6, 6.07) is 0.102. The Balaban J connectivity index is 2.19. The quantitative estimate of drug-likeness (QED) is 0.659. The summed E-state index contributed by atoms with van der Waals surface area (Å²) in [7, 11) is 0. The first kappa shape index (κ1) is 9.05. The second kappa shape index (κ2) is 3.32. The number of imidazole rings is 1. The maximum Gasteiger partial charge on any atom is 0.326 e. The van der Waals surface area contributed by atoms with Crippen LogP contribution in [0.1, 0.15) is 24.6 Å². The number of piperidine rings is 1. The molecule has 1 saturated heterocycles. The van der Waals surface area contributed by atoms with Crippen molar-refractivity contribution in [2.45, 2.75) is 25.8 Å². The summed E-state index contributed by atoms with van der Waals surface area (Å²) in [5, 5.41) is 2.75. The lowest BCUT2D eigenvalue weighted by molar-refractivity contribution is -0.122. The molecule has 1 aliphatic rings. The smallest absolute Gasteiger partial charge is 0.326 e. The average molecular weight is 195 g/mol. The number of hydrogen-bond acceptors (Lipinski definition) is 2. The van der Waals surface area contributed by atoms with Crippen LogP contribution in [0.5, 0.6) is 0 Å². The first-order chi connectivity index (χ1) is 6.66. The highest BCUT2D eigenvalue weighted by molar-refractivity contribution is 5.76. The molecular formula is C9H13N3O2. The van der Waals surface area contributed by atoms with Gasteiger partial charge in [0, 0.05) is 24.9 Å². The number of carbonyl (C=O) groups is 1. The zero-order valence-corrected chi connectivity index (χ0v) is 8.04. The van der Waals surface area contributed by atoms with Gasteiger partial charge in [-0.1, -0.05) is 0 Å². The monoisotopic (exact) mass is 195 g/mol. The topological polar surface area (TPSA) is 66.9 Å². The molecular weight excluding hydrogens is 182 g/mol. The molecule has 1 atom stereocenters. The summed E-state index contributed by atoms with van der Waals surface area (Å²) in [4.78, 5) is 25.0. The number of aryl methyl sites for hydroxylation is 1. The largest absolute Gasteiger partial charge is 0.354 e. The van der Waals surface area contributed by atoms with Gasteiger partial charge >= 0.3 is 5.69 Å². The highest BCUT2D eigenvalue weighted by Gasteiger charge is 2.20. The highest BCUT2D eigenvalue weighted by atomic mass is 16.2. The van der Waals surface area contributed by atoms with Crippen LogP contribution in [0.15, 0.2) is 11.0 Å². The van der Waals surface area contributed by atoms with E-state index in [-0.39, 0.29) is 17.6 Å². The molecule has 1 fully saturated rings. The molecule has 1 amide bonds. The number of H-pyrrole nitrogens is 1. The number of carbonyl (C=O) groups excluding carboxylic acids is 1. The van der Waals surface area contributed by atoms with Crippen LogP contribution in [0.25, 0.3) is 0 Å². The summed E-state index contributed by atoms with van der Waals surface area (Å²) in [5.74, 6) is 0.0709. The molecule has 2 heterocycles. The Bertz CT molecular complexity index is 394. The standard InChI is InChI=1S/C9H13N3O2/c1-6-5-12(9(14)11-6)7-2-3-8(13)10-4-7/h5,7H,2-4H2,1H3,(H,10,13)(H,11,14). The van der Waals surface area contributed by atoms with Gasteiger partial charge in [0.2, 0.25) is 5.91 Å². The second-order valence-corrected chi connectivity index (χ2v) is 3.65. The van der Waals surface area contributed by atoms with Gasteiger partial charge in [-0.15, -0.1) is 0 Å². The average Bonchev–Trinajstić information content (AvgIpc) is 2.47. The SMILES string of the molecule is Cc1cn(C2CCC(=O)NC2)c(=O)[nH]1. The van der Waals surface area contributed by atoms with Gasteiger partial charge in [0.15, 0.2) is 0 Å². The lowest BCUT2D eigenvalue weighted by Crippen LogP contribution is -2.38. The first-order valence-corrected chi connectivity index (χ1v) is 4.71. The van der Waals surface area contributed by atoms with Crippen molar-refractivity contribution < 1.29 is 4.79 Å². The van der Waals surface area contributed by atoms with E-state index in [1.54, 1.807) is 10.8 Å². The van der Waals surface area contributed by atoms with Gasteiger partial charge in [-0.3, -0.25) is 9.36 Å². The van der Waals surface area contributed by atoms with Crippen LogP contribution < -0.4 is 11.0 Å². The van der Waals surface area contributed by atoms with Crippen molar-refractivity contribution in [1.29, 1.82) is 0 Å². The van der Waals surface area contributed by atoms with Crippen molar-refractivity contribution >= 4 is 5.91 Å². The van der Waals surface area contributed by atoms with Crippen LogP contribution in [-0.4, -0.2) is 22.0 Å². The van der Waals surface area contributed by atoms with Crippen molar-refractivity contribution in [3.05, 3.63) is 22.4 Å². The maximum atomic E-state index is 11.4. The third-order valence-electron chi connectivity index (χ3n) is 2.50. The number of hydrogen-bond donors (Lipinski definition) is 2. The Morgan fingerprint density at radius 3 is 2.79 bits per heavy atom. The summed E-state index contributed by atoms with van der Waals surface area (Å²) >= 11 is 0. The predicted molar refractivity (Wildman–Crippen MR) is 51.1 cm³/mol. The van der Waals surface area contributed by atoms with Crippen molar-refractivity contribution in [2.24, 2.45) is 0 Å². The van der Waals surface area contributed by atoms with Crippen LogP contribution in [0.2, 0.25) is 0 Å². The lowest BCUT2D eigenvalue weighted by Gasteiger charge is -2.22. The molecule has 0 aromatic carbocycles. The van der Waals surface area contributed by atoms with Crippen LogP contribution >= 0.6 is 0 Å². The molecule has 76 valence electrons. The van der Waals surface area contributed by atoms with E-state index in [1.807, 2.05) is 6.92 Å². The first-order valence-electron chi connectivity index (χ1n) is 4.71. The highest BCUT2D eigenvalue weighted by Crippen LogP contribution is 2.14. The van der Waals surface area contributed by atoms with Crippen molar-refractivity contribution in [3.63, 3.8) is 0 Å². The maximum absolute atomic E-state index is 11.4. The number of nitrogens with one attached hydrogen (secondary N) is 2. The summed E-state index contributed by atoms with van der Waals surface area (Å²) in [6.45, 7) is 2.40. The minimum Gasteiger partial charge on any atom is -0.354 e. The van der Waals surface area contributed by atoms with Crippen molar-refractivity contribution in [2.75, 3.05) is 6.54 Å². The lowest BCUT2D eigenvalue weighted by atomic mass is 10.1. The molecule has 1 aliphatic heterocycles. The molecule has 0 aliphatic carbocycles. The Morgan fingerprint density at radius 1 is 1.50 bits per heavy atom.